The molecule has 1 heterocycles. The normalized spacial score (nSPS) is 18.6. The molecule has 1 atom stereocenters. The Labute approximate surface area is 122 Å². The lowest BCUT2D eigenvalue weighted by Gasteiger charge is -2.08. The second-order valence-corrected chi connectivity index (χ2v) is 7.44. The van der Waals surface area contributed by atoms with Gasteiger partial charge in [-0.25, -0.2) is 0 Å². The van der Waals surface area contributed by atoms with Crippen LogP contribution in [0.15, 0.2) is 0 Å². The van der Waals surface area contributed by atoms with E-state index in [9.17, 15) is 4.79 Å². The topological polar surface area (TPSA) is 67.2 Å². The second kappa shape index (κ2) is 9.75. The molecule has 0 aromatic heterocycles. The minimum atomic E-state index is 0.119. The molecule has 0 radical (unpaired) electrons. The van der Waals surface area contributed by atoms with Gasteiger partial charge in [0.25, 0.3) is 0 Å². The van der Waals surface area contributed by atoms with Crippen molar-refractivity contribution in [2.24, 2.45) is 5.73 Å². The first-order valence-corrected chi connectivity index (χ1v) is 9.06. The van der Waals surface area contributed by atoms with E-state index in [1.807, 2.05) is 21.6 Å². The summed E-state index contributed by atoms with van der Waals surface area (Å²) in [5.41, 5.74) is 5.27. The van der Waals surface area contributed by atoms with Crippen LogP contribution in [0.4, 0.5) is 0 Å². The van der Waals surface area contributed by atoms with Gasteiger partial charge < -0.3 is 16.4 Å². The van der Waals surface area contributed by atoms with Gasteiger partial charge in [-0.3, -0.25) is 4.79 Å². The van der Waals surface area contributed by atoms with Gasteiger partial charge in [-0.15, -0.1) is 0 Å². The molecule has 104 valence electrons. The Balaban J connectivity index is 1.88. The minimum absolute atomic E-state index is 0.119. The summed E-state index contributed by atoms with van der Waals surface area (Å²) in [6.07, 6.45) is 5.32. The molecule has 1 amide bonds. The zero-order valence-corrected chi connectivity index (χ0v) is 12.9. The summed E-state index contributed by atoms with van der Waals surface area (Å²) in [6, 6.07) is 0. The van der Waals surface area contributed by atoms with E-state index in [-0.39, 0.29) is 11.0 Å². The van der Waals surface area contributed by atoms with E-state index in [4.69, 9.17) is 5.73 Å². The molecule has 0 saturated carbocycles. The predicted octanol–water partition coefficient (Wildman–Crippen LogP) is 1.65. The summed E-state index contributed by atoms with van der Waals surface area (Å²) in [4.78, 5) is 11.5. The number of carbonyl (C=O) groups is 1. The van der Waals surface area contributed by atoms with Crippen molar-refractivity contribution >= 4 is 44.8 Å². The number of amides is 1. The van der Waals surface area contributed by atoms with E-state index >= 15 is 0 Å². The quantitative estimate of drug-likeness (QED) is 0.360. The summed E-state index contributed by atoms with van der Waals surface area (Å²) in [6.45, 7) is 1.17. The highest BCUT2D eigenvalue weighted by atomic mass is 33.1. The van der Waals surface area contributed by atoms with Gasteiger partial charge in [0.1, 0.15) is 0 Å². The Morgan fingerprint density at radius 2 is 2.11 bits per heavy atom. The van der Waals surface area contributed by atoms with Crippen molar-refractivity contribution in [1.82, 2.24) is 10.6 Å². The van der Waals surface area contributed by atoms with Gasteiger partial charge in [-0.05, 0) is 31.5 Å². The minimum Gasteiger partial charge on any atom is -0.376 e. The molecule has 7 heteroatoms. The molecule has 1 unspecified atom stereocenters. The molecule has 18 heavy (non-hydrogen) atoms. The zero-order valence-electron chi connectivity index (χ0n) is 10.4. The molecule has 1 saturated heterocycles. The number of nitrogens with one attached hydrogen (secondary N) is 2. The molecule has 1 aliphatic heterocycles. The second-order valence-electron chi connectivity index (χ2n) is 4.22. The maximum atomic E-state index is 11.5. The van der Waals surface area contributed by atoms with Gasteiger partial charge in [0.15, 0.2) is 5.11 Å². The van der Waals surface area contributed by atoms with Crippen LogP contribution in [0.3, 0.4) is 0 Å². The largest absolute Gasteiger partial charge is 0.376 e. The summed E-state index contributed by atoms with van der Waals surface area (Å²) in [5.74, 6) is 1.40. The van der Waals surface area contributed by atoms with Crippen molar-refractivity contribution in [3.05, 3.63) is 0 Å². The lowest BCUT2D eigenvalue weighted by molar-refractivity contribution is -0.121. The van der Waals surface area contributed by atoms with Gasteiger partial charge in [-0.2, -0.15) is 0 Å². The Bertz CT molecular complexity index is 270. The molecule has 0 aliphatic carbocycles. The van der Waals surface area contributed by atoms with Crippen LogP contribution in [0.1, 0.15) is 32.1 Å². The molecule has 1 fully saturated rings. The Morgan fingerprint density at radius 3 is 2.78 bits per heavy atom. The summed E-state index contributed by atoms with van der Waals surface area (Å²) in [7, 11) is 3.98. The van der Waals surface area contributed by atoms with Crippen LogP contribution in [-0.4, -0.2) is 35.1 Å². The molecule has 0 bridgehead atoms. The highest BCUT2D eigenvalue weighted by molar-refractivity contribution is 8.77. The molecule has 1 aliphatic rings. The average molecular weight is 308 g/mol. The highest BCUT2D eigenvalue weighted by Crippen LogP contribution is 2.39. The van der Waals surface area contributed by atoms with Crippen LogP contribution < -0.4 is 16.4 Å². The first-order chi connectivity index (χ1) is 8.68. The van der Waals surface area contributed by atoms with E-state index in [0.717, 1.165) is 18.1 Å². The maximum Gasteiger partial charge on any atom is 0.220 e. The summed E-state index contributed by atoms with van der Waals surface area (Å²) < 4.78 is 0. The smallest absolute Gasteiger partial charge is 0.220 e. The first-order valence-electron chi connectivity index (χ1n) is 6.27. The molecule has 0 aromatic carbocycles. The molecule has 0 aromatic rings. The van der Waals surface area contributed by atoms with Crippen LogP contribution in [-0.2, 0) is 4.79 Å². The zero-order chi connectivity index (χ0) is 13.2. The lowest BCUT2D eigenvalue weighted by atomic mass is 10.1. The van der Waals surface area contributed by atoms with Crippen molar-refractivity contribution in [2.75, 3.05) is 18.8 Å². The maximum absolute atomic E-state index is 11.5. The van der Waals surface area contributed by atoms with Gasteiger partial charge in [-0.1, -0.05) is 28.0 Å². The van der Waals surface area contributed by atoms with Crippen molar-refractivity contribution < 1.29 is 4.79 Å². The van der Waals surface area contributed by atoms with Gasteiger partial charge >= 0.3 is 0 Å². The Morgan fingerprint density at radius 1 is 1.33 bits per heavy atom. The van der Waals surface area contributed by atoms with Gasteiger partial charge in [0.2, 0.25) is 5.91 Å². The molecule has 4 nitrogen and oxygen atoms in total. The predicted molar refractivity (Wildman–Crippen MR) is 84.7 cm³/mol. The SMILES string of the molecule is NC(=S)NCCNC(=O)CCCCC1CCSS1. The van der Waals surface area contributed by atoms with E-state index in [1.54, 1.807) is 0 Å². The van der Waals surface area contributed by atoms with Crippen molar-refractivity contribution in [1.29, 1.82) is 0 Å². The Hall–Kier alpha value is -0.140. The standard InChI is InChI=1S/C11H21N3OS3/c12-11(16)14-7-6-13-10(15)4-2-1-3-9-5-8-17-18-9/h9H,1-8H2,(H,13,15)(H3,12,14,16). The third-order valence-corrected chi connectivity index (χ3v) is 5.80. The van der Waals surface area contributed by atoms with Crippen LogP contribution in [0.25, 0.3) is 0 Å². The third kappa shape index (κ3) is 8.05. The molecule has 4 N–H and O–H groups in total. The van der Waals surface area contributed by atoms with E-state index in [1.165, 1.54) is 18.6 Å². The average Bonchev–Trinajstić information content (AvgIpc) is 2.83. The van der Waals surface area contributed by atoms with Crippen LogP contribution in [0.5, 0.6) is 0 Å². The fraction of sp³-hybridized carbons (Fsp3) is 0.818. The van der Waals surface area contributed by atoms with E-state index in [2.05, 4.69) is 22.9 Å². The fourth-order valence-corrected chi connectivity index (χ4v) is 4.83. The number of hydrogen-bond acceptors (Lipinski definition) is 4. The number of nitrogens with two attached hydrogens (primary N) is 1. The summed E-state index contributed by atoms with van der Waals surface area (Å²) in [5, 5.41) is 6.72. The molecule has 0 spiro atoms. The van der Waals surface area contributed by atoms with Crippen molar-refractivity contribution in [2.45, 2.75) is 37.4 Å². The molecular formula is C11H21N3OS3. The highest BCUT2D eigenvalue weighted by Gasteiger charge is 2.15. The fourth-order valence-electron chi connectivity index (χ4n) is 1.70. The van der Waals surface area contributed by atoms with Crippen molar-refractivity contribution in [3.8, 4) is 0 Å². The Kier molecular flexibility index (Phi) is 8.62. The van der Waals surface area contributed by atoms with Crippen molar-refractivity contribution in [3.63, 3.8) is 0 Å². The monoisotopic (exact) mass is 307 g/mol. The molecular weight excluding hydrogens is 286 g/mol. The first kappa shape index (κ1) is 15.9. The molecule has 1 rings (SSSR count). The third-order valence-electron chi connectivity index (χ3n) is 2.65. The lowest BCUT2D eigenvalue weighted by Crippen LogP contribution is -2.37. The van der Waals surface area contributed by atoms with Gasteiger partial charge in [0.05, 0.1) is 0 Å². The van der Waals surface area contributed by atoms with E-state index < -0.39 is 0 Å². The van der Waals surface area contributed by atoms with Crippen LogP contribution in [0.2, 0.25) is 0 Å². The number of rotatable bonds is 8. The summed E-state index contributed by atoms with van der Waals surface area (Å²) >= 11 is 4.66. The number of hydrogen-bond donors (Lipinski definition) is 3. The van der Waals surface area contributed by atoms with Crippen LogP contribution in [0, 0.1) is 0 Å². The van der Waals surface area contributed by atoms with E-state index in [0.29, 0.717) is 19.5 Å². The number of unbranched alkanes of at least 4 members (excludes halogenated alkanes) is 1. The van der Waals surface area contributed by atoms with Gasteiger partial charge in [0, 0.05) is 30.5 Å². The van der Waals surface area contributed by atoms with Crippen LogP contribution >= 0.6 is 33.8 Å². The number of carbonyl (C=O) groups excluding carboxylic acids is 1. The number of thiocarbonyl (C=S) groups is 1.